The Balaban J connectivity index is 2.40. The molecule has 1 aromatic rings. The van der Waals surface area contributed by atoms with Gasteiger partial charge in [0, 0.05) is 20.4 Å². The van der Waals surface area contributed by atoms with Crippen LogP contribution in [0.2, 0.25) is 0 Å². The van der Waals surface area contributed by atoms with Crippen molar-refractivity contribution in [1.29, 1.82) is 0 Å². The van der Waals surface area contributed by atoms with Gasteiger partial charge in [-0.1, -0.05) is 96.5 Å². The van der Waals surface area contributed by atoms with Crippen LogP contribution in [-0.4, -0.2) is 23.5 Å². The zero-order chi connectivity index (χ0) is 25.4. The van der Waals surface area contributed by atoms with E-state index in [1.807, 2.05) is 0 Å². The summed E-state index contributed by atoms with van der Waals surface area (Å²) in [5, 5.41) is 10.3. The third-order valence-electron chi connectivity index (χ3n) is 6.33. The number of aliphatic hydroxyl groups is 1. The Morgan fingerprint density at radius 2 is 1.29 bits per heavy atom. The predicted molar refractivity (Wildman–Crippen MR) is 141 cm³/mol. The second kappa shape index (κ2) is 16.7. The molecule has 0 atom stereocenters. The molecule has 0 aliphatic rings. The molecular formula is C29H49NO4. The van der Waals surface area contributed by atoms with Gasteiger partial charge in [-0.05, 0) is 38.0 Å². The molecule has 5 nitrogen and oxygen atoms in total. The van der Waals surface area contributed by atoms with E-state index in [1.165, 1.54) is 90.9 Å². The summed E-state index contributed by atoms with van der Waals surface area (Å²) in [6, 6.07) is 5.19. The number of unbranched alkanes of at least 4 members (excludes halogenated alkanes) is 13. The second-order valence-corrected chi connectivity index (χ2v) is 10.1. The van der Waals surface area contributed by atoms with E-state index in [9.17, 15) is 14.7 Å². The van der Waals surface area contributed by atoms with Gasteiger partial charge in [0.25, 0.3) is 0 Å². The molecule has 0 aliphatic heterocycles. The van der Waals surface area contributed by atoms with E-state index in [4.69, 9.17) is 4.74 Å². The van der Waals surface area contributed by atoms with Crippen molar-refractivity contribution in [2.45, 2.75) is 130 Å². The molecule has 0 saturated carbocycles. The summed E-state index contributed by atoms with van der Waals surface area (Å²) < 4.78 is 5.39. The molecule has 0 aromatic heterocycles. The van der Waals surface area contributed by atoms with Crippen molar-refractivity contribution in [2.75, 3.05) is 11.4 Å². The summed E-state index contributed by atoms with van der Waals surface area (Å²) in [4.78, 5) is 25.7. The van der Waals surface area contributed by atoms with Gasteiger partial charge in [-0.2, -0.15) is 0 Å². The van der Waals surface area contributed by atoms with Gasteiger partial charge in [-0.3, -0.25) is 9.59 Å². The maximum atomic E-state index is 12.4. The molecule has 1 aromatic carbocycles. The molecule has 1 N–H and O–H groups in total. The van der Waals surface area contributed by atoms with Crippen LogP contribution in [0.25, 0.3) is 0 Å². The highest BCUT2D eigenvalue weighted by Gasteiger charge is 2.22. The molecule has 0 spiro atoms. The van der Waals surface area contributed by atoms with Crippen LogP contribution in [0, 0.1) is 0 Å². The van der Waals surface area contributed by atoms with Crippen LogP contribution in [0.1, 0.15) is 130 Å². The fraction of sp³-hybridized carbons (Fsp3) is 0.724. The van der Waals surface area contributed by atoms with Gasteiger partial charge in [-0.15, -0.1) is 0 Å². The van der Waals surface area contributed by atoms with Crippen LogP contribution < -0.4 is 9.64 Å². The maximum Gasteiger partial charge on any atom is 0.308 e. The fourth-order valence-corrected chi connectivity index (χ4v) is 4.27. The van der Waals surface area contributed by atoms with Gasteiger partial charge in [0.15, 0.2) is 5.75 Å². The monoisotopic (exact) mass is 475 g/mol. The predicted octanol–water partition coefficient (Wildman–Crippen LogP) is 7.67. The van der Waals surface area contributed by atoms with Crippen molar-refractivity contribution < 1.29 is 19.4 Å². The van der Waals surface area contributed by atoms with E-state index in [-0.39, 0.29) is 5.91 Å². The van der Waals surface area contributed by atoms with Gasteiger partial charge in [0.05, 0.1) is 11.3 Å². The molecular weight excluding hydrogens is 426 g/mol. The Morgan fingerprint density at radius 1 is 0.824 bits per heavy atom. The summed E-state index contributed by atoms with van der Waals surface area (Å²) in [5.74, 6) is -0.221. The minimum Gasteiger partial charge on any atom is -0.424 e. The first-order chi connectivity index (χ1) is 16.2. The minimum atomic E-state index is -1.07. The fourth-order valence-electron chi connectivity index (χ4n) is 4.27. The number of benzene rings is 1. The molecule has 0 unspecified atom stereocenters. The number of nitrogens with zero attached hydrogens (tertiary/aromatic N) is 1. The number of carbonyl (C=O) groups is 2. The molecule has 0 bridgehead atoms. The van der Waals surface area contributed by atoms with E-state index in [0.717, 1.165) is 12.8 Å². The molecule has 5 heteroatoms. The van der Waals surface area contributed by atoms with Crippen LogP contribution in [-0.2, 0) is 15.2 Å². The average Bonchev–Trinajstić information content (AvgIpc) is 2.75. The van der Waals surface area contributed by atoms with Gasteiger partial charge in [0.2, 0.25) is 5.91 Å². The van der Waals surface area contributed by atoms with Crippen molar-refractivity contribution in [2.24, 2.45) is 0 Å². The van der Waals surface area contributed by atoms with E-state index in [2.05, 4.69) is 6.92 Å². The van der Waals surface area contributed by atoms with E-state index in [1.54, 1.807) is 36.9 Å². The zero-order valence-electron chi connectivity index (χ0n) is 22.5. The zero-order valence-corrected chi connectivity index (χ0v) is 22.5. The van der Waals surface area contributed by atoms with Crippen molar-refractivity contribution in [1.82, 2.24) is 0 Å². The third-order valence-corrected chi connectivity index (χ3v) is 6.33. The minimum absolute atomic E-state index is 0.0842. The number of anilines is 1. The Morgan fingerprint density at radius 3 is 1.71 bits per heavy atom. The van der Waals surface area contributed by atoms with Crippen LogP contribution in [0.4, 0.5) is 5.69 Å². The van der Waals surface area contributed by atoms with Gasteiger partial charge in [0.1, 0.15) is 0 Å². The first kappa shape index (κ1) is 30.2. The molecule has 34 heavy (non-hydrogen) atoms. The molecule has 0 radical (unpaired) electrons. The standard InChI is InChI=1S/C29H49NO4/c1-6-7-8-9-10-11-12-13-14-15-16-17-18-19-22-30(24(2)31)27-21-20-26(29(4,5)33)23-28(27)34-25(3)32/h20-21,23,33H,6-19,22H2,1-5H3. The SMILES string of the molecule is CCCCCCCCCCCCCCCCN(C(C)=O)c1ccc(C(C)(C)O)cc1OC(C)=O. The topological polar surface area (TPSA) is 66.8 Å². The van der Waals surface area contributed by atoms with Crippen molar-refractivity contribution >= 4 is 17.6 Å². The lowest BCUT2D eigenvalue weighted by Crippen LogP contribution is -2.30. The molecule has 0 heterocycles. The average molecular weight is 476 g/mol. The molecule has 1 amide bonds. The normalized spacial score (nSPS) is 11.5. The smallest absolute Gasteiger partial charge is 0.308 e. The van der Waals surface area contributed by atoms with Crippen LogP contribution in [0.15, 0.2) is 18.2 Å². The second-order valence-electron chi connectivity index (χ2n) is 10.1. The van der Waals surface area contributed by atoms with E-state index >= 15 is 0 Å². The summed E-state index contributed by atoms with van der Waals surface area (Å²) in [5.41, 5.74) is 0.140. The van der Waals surface area contributed by atoms with Gasteiger partial charge >= 0.3 is 5.97 Å². The van der Waals surface area contributed by atoms with Crippen LogP contribution >= 0.6 is 0 Å². The Labute approximate surface area is 208 Å². The third kappa shape index (κ3) is 12.5. The molecule has 1 rings (SSSR count). The quantitative estimate of drug-likeness (QED) is 0.134. The Kier molecular flexibility index (Phi) is 14.8. The maximum absolute atomic E-state index is 12.4. The highest BCUT2D eigenvalue weighted by atomic mass is 16.5. The molecule has 0 fully saturated rings. The van der Waals surface area contributed by atoms with Crippen molar-refractivity contribution in [3.8, 4) is 5.75 Å². The molecule has 194 valence electrons. The summed E-state index contributed by atoms with van der Waals surface area (Å²) in [7, 11) is 0. The van der Waals surface area contributed by atoms with Gasteiger partial charge < -0.3 is 14.7 Å². The number of rotatable bonds is 18. The lowest BCUT2D eigenvalue weighted by atomic mass is 9.97. The number of hydrogen-bond acceptors (Lipinski definition) is 4. The summed E-state index contributed by atoms with van der Waals surface area (Å²) in [6.07, 6.45) is 18.0. The van der Waals surface area contributed by atoms with E-state index in [0.29, 0.717) is 23.5 Å². The summed E-state index contributed by atoms with van der Waals surface area (Å²) in [6.45, 7) is 9.08. The highest BCUT2D eigenvalue weighted by molar-refractivity contribution is 5.93. The van der Waals surface area contributed by atoms with Gasteiger partial charge in [-0.25, -0.2) is 0 Å². The van der Waals surface area contributed by atoms with Crippen LogP contribution in [0.5, 0.6) is 5.75 Å². The first-order valence-corrected chi connectivity index (χ1v) is 13.5. The first-order valence-electron chi connectivity index (χ1n) is 13.5. The Hall–Kier alpha value is -1.88. The van der Waals surface area contributed by atoms with E-state index < -0.39 is 11.6 Å². The largest absolute Gasteiger partial charge is 0.424 e. The van der Waals surface area contributed by atoms with Crippen LogP contribution in [0.3, 0.4) is 0 Å². The number of esters is 1. The van der Waals surface area contributed by atoms with Crippen molar-refractivity contribution in [3.63, 3.8) is 0 Å². The number of amides is 1. The highest BCUT2D eigenvalue weighted by Crippen LogP contribution is 2.34. The van der Waals surface area contributed by atoms with Crippen molar-refractivity contribution in [3.05, 3.63) is 23.8 Å². The molecule has 0 saturated heterocycles. The summed E-state index contributed by atoms with van der Waals surface area (Å²) >= 11 is 0. The number of hydrogen-bond donors (Lipinski definition) is 1. The Bertz CT molecular complexity index is 723. The molecule has 0 aliphatic carbocycles. The number of ether oxygens (including phenoxy) is 1. The lowest BCUT2D eigenvalue weighted by Gasteiger charge is -2.26. The lowest BCUT2D eigenvalue weighted by molar-refractivity contribution is -0.132. The number of carbonyl (C=O) groups excluding carboxylic acids is 2.